The van der Waals surface area contributed by atoms with Crippen LogP contribution in [0.25, 0.3) is 22.6 Å². The molecular weight excluding hydrogens is 502 g/mol. The maximum Gasteiger partial charge on any atom is 0.231 e. The minimum absolute atomic E-state index is 0.00649. The maximum atomic E-state index is 6.88. The monoisotopic (exact) mass is 543 g/mol. The van der Waals surface area contributed by atoms with E-state index < -0.39 is 8.32 Å². The zero-order chi connectivity index (χ0) is 27.4. The van der Waals surface area contributed by atoms with Crippen LogP contribution in [0.5, 0.6) is 11.5 Å². The van der Waals surface area contributed by atoms with Gasteiger partial charge in [0.05, 0.1) is 17.1 Å². The number of nitrogens with zero attached hydrogens (tertiary/aromatic N) is 3. The molecule has 2 aromatic heterocycles. The van der Waals surface area contributed by atoms with Crippen molar-refractivity contribution >= 4 is 8.32 Å². The second-order valence-electron chi connectivity index (χ2n) is 13.0. The maximum absolute atomic E-state index is 6.88. The van der Waals surface area contributed by atoms with Crippen LogP contribution in [0.2, 0.25) is 18.1 Å². The summed E-state index contributed by atoms with van der Waals surface area (Å²) < 4.78 is 20.6. The summed E-state index contributed by atoms with van der Waals surface area (Å²) in [4.78, 5) is 10.4. The van der Waals surface area contributed by atoms with Gasteiger partial charge in [-0.2, -0.15) is 0 Å². The molecular formula is C32H41N3O3Si. The summed E-state index contributed by atoms with van der Waals surface area (Å²) in [5.74, 6) is 2.75. The number of aryl methyl sites for hydroxylation is 1. The molecule has 0 saturated heterocycles. The van der Waals surface area contributed by atoms with E-state index in [4.69, 9.17) is 23.9 Å². The van der Waals surface area contributed by atoms with E-state index in [1.54, 1.807) is 0 Å². The molecule has 2 aliphatic heterocycles. The van der Waals surface area contributed by atoms with Gasteiger partial charge in [0, 0.05) is 29.3 Å². The third kappa shape index (κ3) is 4.74. The number of allylic oxidation sites excluding steroid dienone is 2. The Labute approximate surface area is 233 Å². The van der Waals surface area contributed by atoms with Crippen molar-refractivity contribution in [3.05, 3.63) is 60.1 Å². The lowest BCUT2D eigenvalue weighted by Crippen LogP contribution is -2.46. The number of hydrogen-bond donors (Lipinski definition) is 0. The molecule has 4 heterocycles. The molecule has 6 nitrogen and oxygen atoms in total. The molecule has 1 spiro atoms. The lowest BCUT2D eigenvalue weighted by molar-refractivity contribution is 0.1000. The fourth-order valence-electron chi connectivity index (χ4n) is 6.08. The molecule has 3 aromatic rings. The molecule has 3 aliphatic rings. The van der Waals surface area contributed by atoms with E-state index in [1.807, 2.05) is 6.07 Å². The molecule has 39 heavy (non-hydrogen) atoms. The molecule has 0 N–H and O–H groups in total. The summed E-state index contributed by atoms with van der Waals surface area (Å²) in [6.45, 7) is 14.8. The Hall–Kier alpha value is -2.90. The first-order valence-electron chi connectivity index (χ1n) is 14.3. The van der Waals surface area contributed by atoms with Gasteiger partial charge in [0.2, 0.25) is 6.79 Å². The second-order valence-corrected chi connectivity index (χ2v) is 17.8. The van der Waals surface area contributed by atoms with Crippen molar-refractivity contribution in [2.24, 2.45) is 0 Å². The average Bonchev–Trinajstić information content (AvgIpc) is 3.47. The normalized spacial score (nSPS) is 22.7. The summed E-state index contributed by atoms with van der Waals surface area (Å²) in [7, 11) is -1.81. The largest absolute Gasteiger partial charge is 0.454 e. The van der Waals surface area contributed by atoms with Gasteiger partial charge in [-0.1, -0.05) is 39.0 Å². The molecule has 7 heteroatoms. The molecule has 0 radical (unpaired) electrons. The highest BCUT2D eigenvalue weighted by Crippen LogP contribution is 2.49. The van der Waals surface area contributed by atoms with E-state index in [2.05, 4.69) is 87.8 Å². The van der Waals surface area contributed by atoms with Crippen molar-refractivity contribution in [2.45, 2.75) is 96.0 Å². The number of hydrogen-bond acceptors (Lipinski definition) is 5. The lowest BCUT2D eigenvalue weighted by Gasteiger charge is -2.44. The SMILES string of the molecule is Cc1cccc(-c2c(-c3ccc4c(c3)OCO4)nc3n2CC=CCC32CCC(O[Si](C)(C)C(C)(C)C)CC2)n1. The quantitative estimate of drug-likeness (QED) is 0.248. The van der Waals surface area contributed by atoms with Gasteiger partial charge in [0.15, 0.2) is 19.8 Å². The van der Waals surface area contributed by atoms with Crippen LogP contribution in [0.3, 0.4) is 0 Å². The van der Waals surface area contributed by atoms with Gasteiger partial charge in [0.25, 0.3) is 0 Å². The fourth-order valence-corrected chi connectivity index (χ4v) is 7.50. The molecule has 1 aliphatic carbocycles. The van der Waals surface area contributed by atoms with Gasteiger partial charge in [-0.25, -0.2) is 4.98 Å². The minimum Gasteiger partial charge on any atom is -0.454 e. The molecule has 1 aromatic carbocycles. The van der Waals surface area contributed by atoms with Crippen LogP contribution < -0.4 is 9.47 Å². The first-order valence-corrected chi connectivity index (χ1v) is 17.3. The third-order valence-electron chi connectivity index (χ3n) is 9.34. The molecule has 0 atom stereocenters. The van der Waals surface area contributed by atoms with Crippen molar-refractivity contribution in [3.63, 3.8) is 0 Å². The fraction of sp³-hybridized carbons (Fsp3) is 0.500. The minimum atomic E-state index is -1.81. The Morgan fingerprint density at radius 1 is 1.00 bits per heavy atom. The van der Waals surface area contributed by atoms with Crippen LogP contribution >= 0.6 is 0 Å². The topological polar surface area (TPSA) is 58.4 Å². The summed E-state index contributed by atoms with van der Waals surface area (Å²) in [5.41, 5.74) is 5.04. The van der Waals surface area contributed by atoms with E-state index in [-0.39, 0.29) is 17.2 Å². The number of benzene rings is 1. The van der Waals surface area contributed by atoms with E-state index in [0.717, 1.165) is 78.5 Å². The number of rotatable bonds is 4. The molecule has 1 fully saturated rings. The Morgan fingerprint density at radius 2 is 1.77 bits per heavy atom. The highest BCUT2D eigenvalue weighted by Gasteiger charge is 2.45. The smallest absolute Gasteiger partial charge is 0.231 e. The standard InChI is InChI=1S/C32H41N3O3Si/c1-22-10-9-11-25(33-22)29-28(23-12-13-26-27(20-23)37-21-36-26)34-30-32(16-7-8-19-35(29)30)17-14-24(15-18-32)38-39(5,6)31(2,3)4/h7-13,20,24H,14-19,21H2,1-6H3. The predicted molar refractivity (Wildman–Crippen MR) is 158 cm³/mol. The van der Waals surface area contributed by atoms with Crippen molar-refractivity contribution in [1.29, 1.82) is 0 Å². The van der Waals surface area contributed by atoms with Crippen LogP contribution in [0.1, 0.15) is 64.4 Å². The predicted octanol–water partition coefficient (Wildman–Crippen LogP) is 7.81. The molecule has 1 saturated carbocycles. The lowest BCUT2D eigenvalue weighted by atomic mass is 9.70. The van der Waals surface area contributed by atoms with Gasteiger partial charge >= 0.3 is 0 Å². The first kappa shape index (κ1) is 26.3. The van der Waals surface area contributed by atoms with Crippen LogP contribution in [-0.4, -0.2) is 35.7 Å². The Bertz CT molecular complexity index is 1410. The van der Waals surface area contributed by atoms with Crippen molar-refractivity contribution in [3.8, 4) is 34.1 Å². The van der Waals surface area contributed by atoms with Crippen LogP contribution in [0, 0.1) is 6.92 Å². The van der Waals surface area contributed by atoms with Crippen molar-refractivity contribution in [1.82, 2.24) is 14.5 Å². The second kappa shape index (κ2) is 9.63. The van der Waals surface area contributed by atoms with E-state index in [0.29, 0.717) is 6.10 Å². The zero-order valence-corrected chi connectivity index (χ0v) is 25.2. The van der Waals surface area contributed by atoms with Crippen LogP contribution in [0.15, 0.2) is 48.6 Å². The van der Waals surface area contributed by atoms with E-state index in [1.165, 1.54) is 5.82 Å². The van der Waals surface area contributed by atoms with Crippen LogP contribution in [-0.2, 0) is 16.4 Å². The van der Waals surface area contributed by atoms with Gasteiger partial charge in [0.1, 0.15) is 5.82 Å². The zero-order valence-electron chi connectivity index (χ0n) is 24.2. The van der Waals surface area contributed by atoms with Crippen molar-refractivity contribution in [2.75, 3.05) is 6.79 Å². The van der Waals surface area contributed by atoms with E-state index in [9.17, 15) is 0 Å². The Balaban J connectivity index is 1.42. The molecule has 6 rings (SSSR count). The summed E-state index contributed by atoms with van der Waals surface area (Å²) in [6.07, 6.45) is 10.3. The highest BCUT2D eigenvalue weighted by molar-refractivity contribution is 6.74. The number of ether oxygens (including phenoxy) is 2. The van der Waals surface area contributed by atoms with Crippen LogP contribution in [0.4, 0.5) is 0 Å². The molecule has 0 amide bonds. The van der Waals surface area contributed by atoms with Gasteiger partial charge in [-0.3, -0.25) is 4.98 Å². The van der Waals surface area contributed by atoms with Crippen molar-refractivity contribution < 1.29 is 13.9 Å². The first-order chi connectivity index (χ1) is 18.6. The Kier molecular flexibility index (Phi) is 6.50. The highest BCUT2D eigenvalue weighted by atomic mass is 28.4. The van der Waals surface area contributed by atoms with Gasteiger partial charge < -0.3 is 18.5 Å². The number of imidazole rings is 1. The Morgan fingerprint density at radius 3 is 2.51 bits per heavy atom. The van der Waals surface area contributed by atoms with Gasteiger partial charge in [-0.15, -0.1) is 0 Å². The molecule has 206 valence electrons. The molecule has 0 unspecified atom stereocenters. The number of pyridine rings is 1. The average molecular weight is 544 g/mol. The molecule has 0 bridgehead atoms. The summed E-state index contributed by atoms with van der Waals surface area (Å²) in [6, 6.07) is 12.4. The third-order valence-corrected chi connectivity index (χ3v) is 13.9. The summed E-state index contributed by atoms with van der Waals surface area (Å²) >= 11 is 0. The summed E-state index contributed by atoms with van der Waals surface area (Å²) in [5, 5.41) is 0.221. The number of aromatic nitrogens is 3. The number of fused-ring (bicyclic) bond motifs is 3. The van der Waals surface area contributed by atoms with E-state index >= 15 is 0 Å². The van der Waals surface area contributed by atoms with Gasteiger partial charge in [-0.05, 0) is 87.5 Å².